The fourth-order valence-corrected chi connectivity index (χ4v) is 1.74. The minimum atomic E-state index is -0.803. The number of esters is 1. The Kier molecular flexibility index (Phi) is 6.06. The predicted molar refractivity (Wildman–Crippen MR) is 85.4 cm³/mol. The van der Waals surface area contributed by atoms with Gasteiger partial charge in [-0.3, -0.25) is 14.9 Å². The van der Waals surface area contributed by atoms with E-state index in [-0.39, 0.29) is 11.3 Å². The van der Waals surface area contributed by atoms with Crippen molar-refractivity contribution in [3.63, 3.8) is 0 Å². The Balaban J connectivity index is 2.80. The molecule has 0 radical (unpaired) electrons. The SMILES string of the molecule is CCC(C)(C)NC(=O)COC(=O)c1cc([N+](=O)[O-])ccc1NC. The molecule has 2 N–H and O–H groups in total. The van der Waals surface area contributed by atoms with Crippen molar-refractivity contribution in [1.82, 2.24) is 5.32 Å². The summed E-state index contributed by atoms with van der Waals surface area (Å²) < 4.78 is 4.94. The quantitative estimate of drug-likeness (QED) is 0.451. The highest BCUT2D eigenvalue weighted by Gasteiger charge is 2.21. The molecule has 0 saturated heterocycles. The molecule has 0 spiro atoms. The van der Waals surface area contributed by atoms with Gasteiger partial charge in [0.1, 0.15) is 0 Å². The molecule has 126 valence electrons. The lowest BCUT2D eigenvalue weighted by molar-refractivity contribution is -0.384. The molecule has 1 aromatic carbocycles. The first-order valence-corrected chi connectivity index (χ1v) is 7.14. The lowest BCUT2D eigenvalue weighted by Gasteiger charge is -2.24. The van der Waals surface area contributed by atoms with Crippen molar-refractivity contribution in [2.75, 3.05) is 19.0 Å². The van der Waals surface area contributed by atoms with E-state index in [1.54, 1.807) is 7.05 Å². The number of nitrogens with one attached hydrogen (secondary N) is 2. The summed E-state index contributed by atoms with van der Waals surface area (Å²) in [6.45, 7) is 5.18. The van der Waals surface area contributed by atoms with E-state index in [0.29, 0.717) is 5.69 Å². The van der Waals surface area contributed by atoms with Gasteiger partial charge in [-0.25, -0.2) is 4.79 Å². The third-order valence-electron chi connectivity index (χ3n) is 3.40. The van der Waals surface area contributed by atoms with Gasteiger partial charge in [0.15, 0.2) is 6.61 Å². The zero-order chi connectivity index (χ0) is 17.6. The van der Waals surface area contributed by atoms with Crippen molar-refractivity contribution in [1.29, 1.82) is 0 Å². The Morgan fingerprint density at radius 3 is 2.52 bits per heavy atom. The van der Waals surface area contributed by atoms with Gasteiger partial charge >= 0.3 is 5.97 Å². The fraction of sp³-hybridized carbons (Fsp3) is 0.467. The van der Waals surface area contributed by atoms with E-state index in [1.807, 2.05) is 20.8 Å². The van der Waals surface area contributed by atoms with Gasteiger partial charge in [0, 0.05) is 30.4 Å². The molecule has 8 nitrogen and oxygen atoms in total. The Hall–Kier alpha value is -2.64. The summed E-state index contributed by atoms with van der Waals surface area (Å²) in [7, 11) is 1.58. The van der Waals surface area contributed by atoms with Crippen LogP contribution in [0.1, 0.15) is 37.6 Å². The number of nitro benzene ring substituents is 1. The van der Waals surface area contributed by atoms with E-state index in [0.717, 1.165) is 12.5 Å². The molecule has 1 aromatic rings. The number of carbonyl (C=O) groups is 2. The summed E-state index contributed by atoms with van der Waals surface area (Å²) in [5.74, 6) is -1.23. The van der Waals surface area contributed by atoms with Crippen molar-refractivity contribution in [2.24, 2.45) is 0 Å². The van der Waals surface area contributed by atoms with Gasteiger partial charge in [-0.2, -0.15) is 0 Å². The average molecular weight is 323 g/mol. The number of hydrogen-bond donors (Lipinski definition) is 2. The van der Waals surface area contributed by atoms with E-state index in [9.17, 15) is 19.7 Å². The van der Waals surface area contributed by atoms with Crippen LogP contribution in [0.25, 0.3) is 0 Å². The largest absolute Gasteiger partial charge is 0.452 e. The summed E-state index contributed by atoms with van der Waals surface area (Å²) in [4.78, 5) is 34.0. The Morgan fingerprint density at radius 1 is 1.35 bits per heavy atom. The number of anilines is 1. The lowest BCUT2D eigenvalue weighted by Crippen LogP contribution is -2.44. The highest BCUT2D eigenvalue weighted by Crippen LogP contribution is 2.22. The first kappa shape index (κ1) is 18.4. The van der Waals surface area contributed by atoms with Crippen LogP contribution in [0.5, 0.6) is 0 Å². The molecule has 8 heteroatoms. The smallest absolute Gasteiger partial charge is 0.341 e. The normalized spacial score (nSPS) is 10.8. The number of benzene rings is 1. The van der Waals surface area contributed by atoms with Crippen LogP contribution in [0.15, 0.2) is 18.2 Å². The van der Waals surface area contributed by atoms with Crippen molar-refractivity contribution in [2.45, 2.75) is 32.7 Å². The second kappa shape index (κ2) is 7.57. The predicted octanol–water partition coefficient (Wildman–Crippen LogP) is 2.10. The third-order valence-corrected chi connectivity index (χ3v) is 3.40. The maximum atomic E-state index is 12.1. The van der Waals surface area contributed by atoms with Crippen LogP contribution in [0.2, 0.25) is 0 Å². The van der Waals surface area contributed by atoms with Gasteiger partial charge < -0.3 is 15.4 Å². The molecule has 0 aliphatic heterocycles. The molecule has 0 aromatic heterocycles. The molecule has 0 bridgehead atoms. The molecule has 1 amide bonds. The second-order valence-electron chi connectivity index (χ2n) is 5.60. The van der Waals surface area contributed by atoms with Crippen LogP contribution in [-0.2, 0) is 9.53 Å². The Morgan fingerprint density at radius 2 is 2.00 bits per heavy atom. The summed E-state index contributed by atoms with van der Waals surface area (Å²) in [6, 6.07) is 3.80. The van der Waals surface area contributed by atoms with Gasteiger partial charge in [0.25, 0.3) is 11.6 Å². The van der Waals surface area contributed by atoms with Crippen LogP contribution in [0.3, 0.4) is 0 Å². The van der Waals surface area contributed by atoms with Gasteiger partial charge in [-0.05, 0) is 26.3 Å². The zero-order valence-corrected chi connectivity index (χ0v) is 13.6. The average Bonchev–Trinajstić information content (AvgIpc) is 2.51. The van der Waals surface area contributed by atoms with E-state index in [1.165, 1.54) is 12.1 Å². The summed E-state index contributed by atoms with van der Waals surface area (Å²) in [5, 5.41) is 16.3. The number of ether oxygens (including phenoxy) is 1. The molecule has 0 unspecified atom stereocenters. The maximum absolute atomic E-state index is 12.1. The zero-order valence-electron chi connectivity index (χ0n) is 13.6. The maximum Gasteiger partial charge on any atom is 0.341 e. The highest BCUT2D eigenvalue weighted by atomic mass is 16.6. The van der Waals surface area contributed by atoms with E-state index in [4.69, 9.17) is 4.74 Å². The standard InChI is InChI=1S/C15H21N3O5/c1-5-15(2,3)17-13(19)9-23-14(20)11-8-10(18(21)22)6-7-12(11)16-4/h6-8,16H,5,9H2,1-4H3,(H,17,19). The third kappa shape index (κ3) is 5.24. The van der Waals surface area contributed by atoms with Gasteiger partial charge in [-0.15, -0.1) is 0 Å². The fourth-order valence-electron chi connectivity index (χ4n) is 1.74. The molecular weight excluding hydrogens is 302 g/mol. The first-order valence-electron chi connectivity index (χ1n) is 7.14. The number of nitro groups is 1. The molecule has 0 atom stereocenters. The minimum Gasteiger partial charge on any atom is -0.452 e. The van der Waals surface area contributed by atoms with Gasteiger partial charge in [0.05, 0.1) is 10.5 Å². The molecule has 0 aliphatic rings. The topological polar surface area (TPSA) is 111 Å². The van der Waals surface area contributed by atoms with Crippen LogP contribution in [0.4, 0.5) is 11.4 Å². The van der Waals surface area contributed by atoms with Gasteiger partial charge in [-0.1, -0.05) is 6.92 Å². The van der Waals surface area contributed by atoms with Crippen LogP contribution in [0, 0.1) is 10.1 Å². The van der Waals surface area contributed by atoms with Crippen molar-refractivity contribution < 1.29 is 19.2 Å². The molecule has 1 rings (SSSR count). The summed E-state index contributed by atoms with van der Waals surface area (Å²) >= 11 is 0. The number of non-ortho nitro benzene ring substituents is 1. The van der Waals surface area contributed by atoms with Crippen LogP contribution >= 0.6 is 0 Å². The Bertz CT molecular complexity index is 613. The van der Waals surface area contributed by atoms with Crippen molar-refractivity contribution in [3.05, 3.63) is 33.9 Å². The molecule has 0 saturated carbocycles. The van der Waals surface area contributed by atoms with E-state index in [2.05, 4.69) is 10.6 Å². The van der Waals surface area contributed by atoms with E-state index >= 15 is 0 Å². The molecular formula is C15H21N3O5. The number of carbonyl (C=O) groups excluding carboxylic acids is 2. The number of amides is 1. The molecule has 0 fully saturated rings. The van der Waals surface area contributed by atoms with Crippen LogP contribution in [-0.4, -0.2) is 36.0 Å². The highest BCUT2D eigenvalue weighted by molar-refractivity contribution is 5.97. The molecule has 0 heterocycles. The molecule has 23 heavy (non-hydrogen) atoms. The number of rotatable bonds is 7. The van der Waals surface area contributed by atoms with Gasteiger partial charge in [0.2, 0.25) is 0 Å². The first-order chi connectivity index (χ1) is 10.7. The minimum absolute atomic E-state index is 0.00394. The second-order valence-corrected chi connectivity index (χ2v) is 5.60. The van der Waals surface area contributed by atoms with Crippen LogP contribution < -0.4 is 10.6 Å². The summed E-state index contributed by atoms with van der Waals surface area (Å²) in [6.07, 6.45) is 0.724. The number of nitrogens with zero attached hydrogens (tertiary/aromatic N) is 1. The summed E-state index contributed by atoms with van der Waals surface area (Å²) in [5.41, 5.74) is -0.239. The van der Waals surface area contributed by atoms with Crippen molar-refractivity contribution in [3.8, 4) is 0 Å². The molecule has 0 aliphatic carbocycles. The number of hydrogen-bond acceptors (Lipinski definition) is 6. The van der Waals surface area contributed by atoms with Crippen molar-refractivity contribution >= 4 is 23.3 Å². The monoisotopic (exact) mass is 323 g/mol. The van der Waals surface area contributed by atoms with E-state index < -0.39 is 28.9 Å². The lowest BCUT2D eigenvalue weighted by atomic mass is 10.0. The Labute approximate surface area is 134 Å².